The first-order valence-corrected chi connectivity index (χ1v) is 7.98. The molecule has 1 aliphatic rings. The van der Waals surface area contributed by atoms with E-state index in [9.17, 15) is 0 Å². The van der Waals surface area contributed by atoms with Crippen LogP contribution in [0.5, 0.6) is 0 Å². The molecule has 1 N–H and O–H groups in total. The highest BCUT2D eigenvalue weighted by Gasteiger charge is 2.33. The molecule has 0 aliphatic carbocycles. The van der Waals surface area contributed by atoms with Crippen molar-refractivity contribution in [3.05, 3.63) is 21.9 Å². The molecule has 1 atom stereocenters. The molecule has 0 spiro atoms. The van der Waals surface area contributed by atoms with Gasteiger partial charge in [0.2, 0.25) is 0 Å². The van der Waals surface area contributed by atoms with Crippen molar-refractivity contribution in [3.63, 3.8) is 0 Å². The summed E-state index contributed by atoms with van der Waals surface area (Å²) in [5, 5.41) is 4.47. The van der Waals surface area contributed by atoms with Crippen LogP contribution >= 0.6 is 35.0 Å². The van der Waals surface area contributed by atoms with Crippen LogP contribution in [0.2, 0.25) is 10.3 Å². The summed E-state index contributed by atoms with van der Waals surface area (Å²) in [4.78, 5) is 4.11. The Kier molecular flexibility index (Phi) is 4.35. The van der Waals surface area contributed by atoms with Gasteiger partial charge in [0.05, 0.1) is 5.69 Å². The molecule has 2 nitrogen and oxygen atoms in total. The van der Waals surface area contributed by atoms with Gasteiger partial charge in [0, 0.05) is 11.8 Å². The van der Waals surface area contributed by atoms with Crippen LogP contribution in [0.3, 0.4) is 0 Å². The second kappa shape index (κ2) is 5.48. The number of aryl methyl sites for hydroxylation is 1. The minimum Gasteiger partial charge on any atom is -0.378 e. The highest BCUT2D eigenvalue weighted by Crippen LogP contribution is 2.38. The van der Waals surface area contributed by atoms with Crippen molar-refractivity contribution in [1.29, 1.82) is 0 Å². The number of thioether (sulfide) groups is 1. The minimum absolute atomic E-state index is 0.278. The molecule has 2 heterocycles. The summed E-state index contributed by atoms with van der Waals surface area (Å²) in [6.07, 6.45) is 1.22. The van der Waals surface area contributed by atoms with Crippen molar-refractivity contribution in [2.45, 2.75) is 33.2 Å². The molecule has 1 aromatic heterocycles. The maximum atomic E-state index is 6.18. The van der Waals surface area contributed by atoms with E-state index in [0.29, 0.717) is 16.3 Å². The van der Waals surface area contributed by atoms with Gasteiger partial charge in [-0.3, -0.25) is 0 Å². The zero-order valence-corrected chi connectivity index (χ0v) is 13.2. The lowest BCUT2D eigenvalue weighted by atomic mass is 9.82. The Labute approximate surface area is 123 Å². The fourth-order valence-electron chi connectivity index (χ4n) is 2.12. The minimum atomic E-state index is 0.278. The lowest BCUT2D eigenvalue weighted by Gasteiger charge is -2.39. The van der Waals surface area contributed by atoms with Crippen molar-refractivity contribution < 1.29 is 0 Å². The number of hydrogen-bond acceptors (Lipinski definition) is 3. The van der Waals surface area contributed by atoms with E-state index in [4.69, 9.17) is 23.2 Å². The van der Waals surface area contributed by atoms with Gasteiger partial charge in [-0.25, -0.2) is 4.98 Å². The Balaban J connectivity index is 2.23. The number of hydrogen-bond donors (Lipinski definition) is 1. The quantitative estimate of drug-likeness (QED) is 0.806. The normalized spacial score (nSPS) is 22.8. The van der Waals surface area contributed by atoms with Gasteiger partial charge in [0.1, 0.15) is 5.15 Å². The van der Waals surface area contributed by atoms with E-state index in [1.165, 1.54) is 12.2 Å². The highest BCUT2D eigenvalue weighted by molar-refractivity contribution is 7.99. The Morgan fingerprint density at radius 2 is 2.17 bits per heavy atom. The lowest BCUT2D eigenvalue weighted by Crippen LogP contribution is -2.41. The molecule has 100 valence electrons. The molecule has 0 radical (unpaired) electrons. The van der Waals surface area contributed by atoms with E-state index < -0.39 is 0 Å². The maximum Gasteiger partial charge on any atom is 0.154 e. The maximum absolute atomic E-state index is 6.18. The summed E-state index contributed by atoms with van der Waals surface area (Å²) >= 11 is 14.1. The number of halogens is 2. The van der Waals surface area contributed by atoms with E-state index in [-0.39, 0.29) is 5.41 Å². The second-order valence-electron chi connectivity index (χ2n) is 5.44. The van der Waals surface area contributed by atoms with Gasteiger partial charge in [0.15, 0.2) is 5.15 Å². The van der Waals surface area contributed by atoms with Crippen LogP contribution in [-0.4, -0.2) is 22.5 Å². The van der Waals surface area contributed by atoms with Crippen LogP contribution in [0.15, 0.2) is 6.07 Å². The summed E-state index contributed by atoms with van der Waals surface area (Å²) in [7, 11) is 0. The lowest BCUT2D eigenvalue weighted by molar-refractivity contribution is 0.305. The summed E-state index contributed by atoms with van der Waals surface area (Å²) in [6, 6.07) is 2.26. The van der Waals surface area contributed by atoms with E-state index in [1.54, 1.807) is 0 Å². The Hall–Kier alpha value is -0.120. The van der Waals surface area contributed by atoms with Crippen molar-refractivity contribution in [3.8, 4) is 0 Å². The van der Waals surface area contributed by atoms with Gasteiger partial charge >= 0.3 is 0 Å². The summed E-state index contributed by atoms with van der Waals surface area (Å²) < 4.78 is 0. The molecule has 18 heavy (non-hydrogen) atoms. The fraction of sp³-hybridized carbons (Fsp3) is 0.615. The molecule has 0 bridgehead atoms. The largest absolute Gasteiger partial charge is 0.378 e. The number of pyridine rings is 1. The van der Waals surface area contributed by atoms with E-state index in [0.717, 1.165) is 17.0 Å². The van der Waals surface area contributed by atoms with Crippen LogP contribution < -0.4 is 5.32 Å². The predicted molar refractivity (Wildman–Crippen MR) is 82.1 cm³/mol. The van der Waals surface area contributed by atoms with Crippen molar-refractivity contribution >= 4 is 40.7 Å². The van der Waals surface area contributed by atoms with Crippen LogP contribution in [-0.2, 0) is 0 Å². The van der Waals surface area contributed by atoms with Gasteiger partial charge in [-0.2, -0.15) is 11.8 Å². The molecule has 0 amide bonds. The third-order valence-corrected chi connectivity index (χ3v) is 5.11. The molecular formula is C13H18Cl2N2S. The Morgan fingerprint density at radius 1 is 1.44 bits per heavy atom. The van der Waals surface area contributed by atoms with Crippen LogP contribution in [0, 0.1) is 12.3 Å². The number of anilines is 1. The molecule has 1 aromatic rings. The Bertz CT molecular complexity index is 426. The average molecular weight is 305 g/mol. The molecule has 1 fully saturated rings. The second-order valence-corrected chi connectivity index (χ2v) is 7.33. The molecule has 1 unspecified atom stereocenters. The first kappa shape index (κ1) is 14.3. The van der Waals surface area contributed by atoms with Crippen molar-refractivity contribution in [2.24, 2.45) is 5.41 Å². The fourth-order valence-corrected chi connectivity index (χ4v) is 4.31. The van der Waals surface area contributed by atoms with Crippen molar-refractivity contribution in [1.82, 2.24) is 4.98 Å². The molecular weight excluding hydrogens is 287 g/mol. The zero-order chi connectivity index (χ0) is 13.3. The van der Waals surface area contributed by atoms with Gasteiger partial charge in [-0.05, 0) is 36.1 Å². The van der Waals surface area contributed by atoms with E-state index in [2.05, 4.69) is 24.1 Å². The number of rotatable bonds is 2. The first-order chi connectivity index (χ1) is 8.40. The number of nitrogens with one attached hydrogen (secondary N) is 1. The number of aromatic nitrogens is 1. The standard InChI is InChI=1S/C13H18Cl2N2S/c1-8-6-10(14)17-12(15)11(8)16-9-7-18-5-4-13(9,2)3/h6,9,16H,4-5,7H2,1-3H3. The molecule has 0 aromatic carbocycles. The van der Waals surface area contributed by atoms with Crippen LogP contribution in [0.1, 0.15) is 25.8 Å². The number of nitrogens with zero attached hydrogens (tertiary/aromatic N) is 1. The topological polar surface area (TPSA) is 24.9 Å². The van der Waals surface area contributed by atoms with Crippen LogP contribution in [0.25, 0.3) is 0 Å². The van der Waals surface area contributed by atoms with Gasteiger partial charge in [0.25, 0.3) is 0 Å². The monoisotopic (exact) mass is 304 g/mol. The smallest absolute Gasteiger partial charge is 0.154 e. The van der Waals surface area contributed by atoms with Gasteiger partial charge in [-0.15, -0.1) is 0 Å². The molecule has 1 saturated heterocycles. The SMILES string of the molecule is Cc1cc(Cl)nc(Cl)c1NC1CSCCC1(C)C. The Morgan fingerprint density at radius 3 is 2.78 bits per heavy atom. The third kappa shape index (κ3) is 3.06. The summed E-state index contributed by atoms with van der Waals surface area (Å²) in [6.45, 7) is 6.61. The predicted octanol–water partition coefficient (Wildman–Crippen LogP) is 4.64. The third-order valence-electron chi connectivity index (χ3n) is 3.58. The zero-order valence-electron chi connectivity index (χ0n) is 10.9. The van der Waals surface area contributed by atoms with Crippen molar-refractivity contribution in [2.75, 3.05) is 16.8 Å². The van der Waals surface area contributed by atoms with Gasteiger partial charge < -0.3 is 5.32 Å². The summed E-state index contributed by atoms with van der Waals surface area (Å²) in [5.74, 6) is 2.34. The van der Waals surface area contributed by atoms with Crippen LogP contribution in [0.4, 0.5) is 5.69 Å². The molecule has 2 rings (SSSR count). The van der Waals surface area contributed by atoms with E-state index in [1.807, 2.05) is 24.8 Å². The molecule has 0 saturated carbocycles. The highest BCUT2D eigenvalue weighted by atomic mass is 35.5. The van der Waals surface area contributed by atoms with E-state index >= 15 is 0 Å². The molecule has 1 aliphatic heterocycles. The molecule has 5 heteroatoms. The van der Waals surface area contributed by atoms with Gasteiger partial charge in [-0.1, -0.05) is 37.0 Å². The average Bonchev–Trinajstić information content (AvgIpc) is 2.24. The first-order valence-electron chi connectivity index (χ1n) is 6.07. The summed E-state index contributed by atoms with van der Waals surface area (Å²) in [5.41, 5.74) is 2.24.